The van der Waals surface area contributed by atoms with E-state index >= 15 is 0 Å². The van der Waals surface area contributed by atoms with Gasteiger partial charge in [-0.2, -0.15) is 0 Å². The lowest BCUT2D eigenvalue weighted by Crippen LogP contribution is -2.63. The smallest absolute Gasteiger partial charge is 0.302 e. The van der Waals surface area contributed by atoms with Gasteiger partial charge in [-0.3, -0.25) is 4.79 Å². The zero-order valence-electron chi connectivity index (χ0n) is 13.7. The van der Waals surface area contributed by atoms with Crippen molar-refractivity contribution >= 4 is 5.97 Å². The van der Waals surface area contributed by atoms with E-state index in [0.29, 0.717) is 0 Å². The number of fused-ring (bicyclic) bond motifs is 3. The van der Waals surface area contributed by atoms with Crippen molar-refractivity contribution in [2.75, 3.05) is 6.61 Å². The molecule has 5 heteroatoms. The number of esters is 1. The molecule has 0 spiro atoms. The average Bonchev–Trinajstić information content (AvgIpc) is 2.70. The van der Waals surface area contributed by atoms with Crippen LogP contribution in [0.3, 0.4) is 0 Å². The Kier molecular flexibility index (Phi) is 3.48. The number of carbonyl (C=O) groups is 1. The summed E-state index contributed by atoms with van der Waals surface area (Å²) < 4.78 is 11.0. The van der Waals surface area contributed by atoms with E-state index < -0.39 is 23.2 Å². The van der Waals surface area contributed by atoms with E-state index in [1.807, 2.05) is 13.0 Å². The summed E-state index contributed by atoms with van der Waals surface area (Å²) in [6.45, 7) is 7.88. The van der Waals surface area contributed by atoms with Crippen molar-refractivity contribution < 1.29 is 24.5 Å². The predicted molar refractivity (Wildman–Crippen MR) is 79.7 cm³/mol. The number of aliphatic hydroxyl groups is 2. The second-order valence-electron chi connectivity index (χ2n) is 8.00. The van der Waals surface area contributed by atoms with Gasteiger partial charge < -0.3 is 19.7 Å². The normalized spacial score (nSPS) is 49.4. The molecule has 6 atom stereocenters. The lowest BCUT2D eigenvalue weighted by molar-refractivity contribution is -0.209. The lowest BCUT2D eigenvalue weighted by atomic mass is 9.47. The van der Waals surface area contributed by atoms with Crippen LogP contribution in [0.15, 0.2) is 12.2 Å². The summed E-state index contributed by atoms with van der Waals surface area (Å²) in [5, 5.41) is 21.3. The standard InChI is InChI=1S/C17H26O5/c1-10(18)22-12-6-7-15(2,3)11-5-8-17(20)9-21-14(19)13(17)16(11,12)4/h5,8,11-14,19-20H,6-7,9H2,1-4H3/t11-,12+,13+,14+,16+,17-/m0/s1. The van der Waals surface area contributed by atoms with Crippen LogP contribution in [0.1, 0.15) is 40.5 Å². The Hall–Kier alpha value is -0.910. The summed E-state index contributed by atoms with van der Waals surface area (Å²) in [5.74, 6) is -0.727. The molecule has 0 bridgehead atoms. The number of ether oxygens (including phenoxy) is 2. The summed E-state index contributed by atoms with van der Waals surface area (Å²) in [4.78, 5) is 11.5. The van der Waals surface area contributed by atoms with E-state index in [1.165, 1.54) is 6.92 Å². The first-order valence-electron chi connectivity index (χ1n) is 8.00. The Labute approximate surface area is 131 Å². The van der Waals surface area contributed by atoms with Crippen LogP contribution in [0, 0.1) is 22.7 Å². The Morgan fingerprint density at radius 2 is 2.05 bits per heavy atom. The second kappa shape index (κ2) is 4.79. The van der Waals surface area contributed by atoms with Crippen molar-refractivity contribution in [3.8, 4) is 0 Å². The van der Waals surface area contributed by atoms with Crippen LogP contribution >= 0.6 is 0 Å². The van der Waals surface area contributed by atoms with E-state index in [-0.39, 0.29) is 30.0 Å². The van der Waals surface area contributed by atoms with Crippen molar-refractivity contribution in [3.05, 3.63) is 12.2 Å². The third kappa shape index (κ3) is 2.06. The molecule has 0 aromatic rings. The fourth-order valence-electron chi connectivity index (χ4n) is 5.17. The molecule has 2 N–H and O–H groups in total. The van der Waals surface area contributed by atoms with Crippen molar-refractivity contribution in [3.63, 3.8) is 0 Å². The number of carbonyl (C=O) groups excluding carboxylic acids is 1. The maximum Gasteiger partial charge on any atom is 0.302 e. The first kappa shape index (κ1) is 16.0. The van der Waals surface area contributed by atoms with Gasteiger partial charge in [0.1, 0.15) is 11.7 Å². The molecule has 3 rings (SSSR count). The van der Waals surface area contributed by atoms with Crippen LogP contribution in [-0.2, 0) is 14.3 Å². The van der Waals surface area contributed by atoms with Gasteiger partial charge in [0.05, 0.1) is 12.5 Å². The molecule has 3 aliphatic rings. The van der Waals surface area contributed by atoms with E-state index in [9.17, 15) is 15.0 Å². The van der Waals surface area contributed by atoms with Crippen molar-refractivity contribution in [2.24, 2.45) is 22.7 Å². The fourth-order valence-corrected chi connectivity index (χ4v) is 5.17. The lowest BCUT2D eigenvalue weighted by Gasteiger charge is -2.59. The molecule has 1 aliphatic heterocycles. The average molecular weight is 310 g/mol. The molecule has 0 aromatic heterocycles. The SMILES string of the molecule is CC(=O)O[C@@H]1CCC(C)(C)[C@@H]2C=C[C@]3(O)CO[C@@H](O)[C@@H]3[C@@]12C. The van der Waals surface area contributed by atoms with Crippen LogP contribution in [0.5, 0.6) is 0 Å². The summed E-state index contributed by atoms with van der Waals surface area (Å²) in [6, 6.07) is 0. The first-order chi connectivity index (χ1) is 10.1. The van der Waals surface area contributed by atoms with Crippen LogP contribution in [-0.4, -0.2) is 40.8 Å². The van der Waals surface area contributed by atoms with E-state index in [2.05, 4.69) is 13.8 Å². The number of allylic oxidation sites excluding steroid dienone is 1. The van der Waals surface area contributed by atoms with Crippen LogP contribution in [0.4, 0.5) is 0 Å². The Morgan fingerprint density at radius 3 is 2.68 bits per heavy atom. The molecule has 5 nitrogen and oxygen atoms in total. The molecule has 0 unspecified atom stereocenters. The fraction of sp³-hybridized carbons (Fsp3) is 0.824. The van der Waals surface area contributed by atoms with E-state index in [1.54, 1.807) is 6.08 Å². The number of rotatable bonds is 1. The molecule has 0 amide bonds. The summed E-state index contributed by atoms with van der Waals surface area (Å²) >= 11 is 0. The molecular weight excluding hydrogens is 284 g/mol. The van der Waals surface area contributed by atoms with Crippen molar-refractivity contribution in [1.29, 1.82) is 0 Å². The van der Waals surface area contributed by atoms with Crippen LogP contribution in [0.2, 0.25) is 0 Å². The van der Waals surface area contributed by atoms with Gasteiger partial charge in [-0.15, -0.1) is 0 Å². The molecule has 1 saturated carbocycles. The quantitative estimate of drug-likeness (QED) is 0.568. The zero-order valence-corrected chi connectivity index (χ0v) is 13.7. The maximum atomic E-state index is 11.5. The van der Waals surface area contributed by atoms with Gasteiger partial charge in [0, 0.05) is 12.3 Å². The zero-order chi connectivity index (χ0) is 16.3. The maximum absolute atomic E-state index is 11.5. The Balaban J connectivity index is 2.11. The summed E-state index contributed by atoms with van der Waals surface area (Å²) in [7, 11) is 0. The second-order valence-corrected chi connectivity index (χ2v) is 8.00. The highest BCUT2D eigenvalue weighted by Gasteiger charge is 2.66. The van der Waals surface area contributed by atoms with E-state index in [4.69, 9.17) is 9.47 Å². The number of hydrogen-bond donors (Lipinski definition) is 2. The Morgan fingerprint density at radius 1 is 1.36 bits per heavy atom. The summed E-state index contributed by atoms with van der Waals surface area (Å²) in [6.07, 6.45) is 4.09. The minimum Gasteiger partial charge on any atom is -0.462 e. The van der Waals surface area contributed by atoms with Gasteiger partial charge in [0.25, 0.3) is 0 Å². The molecule has 0 radical (unpaired) electrons. The van der Waals surface area contributed by atoms with Crippen LogP contribution < -0.4 is 0 Å². The van der Waals surface area contributed by atoms with Gasteiger partial charge in [0.15, 0.2) is 6.29 Å². The minimum atomic E-state index is -1.20. The molecule has 1 saturated heterocycles. The van der Waals surface area contributed by atoms with Gasteiger partial charge in [-0.05, 0) is 24.2 Å². The van der Waals surface area contributed by atoms with Gasteiger partial charge in [-0.1, -0.05) is 32.9 Å². The topological polar surface area (TPSA) is 76.0 Å². The van der Waals surface area contributed by atoms with E-state index in [0.717, 1.165) is 12.8 Å². The molecule has 22 heavy (non-hydrogen) atoms. The van der Waals surface area contributed by atoms with Gasteiger partial charge in [-0.25, -0.2) is 0 Å². The largest absolute Gasteiger partial charge is 0.462 e. The predicted octanol–water partition coefficient (Wildman–Crippen LogP) is 1.63. The molecule has 124 valence electrons. The van der Waals surface area contributed by atoms with Gasteiger partial charge >= 0.3 is 5.97 Å². The third-order valence-corrected chi connectivity index (χ3v) is 6.12. The first-order valence-corrected chi connectivity index (χ1v) is 8.00. The molecule has 2 fully saturated rings. The molecule has 0 aromatic carbocycles. The minimum absolute atomic E-state index is 0.00550. The highest BCUT2D eigenvalue weighted by atomic mass is 16.6. The highest BCUT2D eigenvalue weighted by molar-refractivity contribution is 5.66. The monoisotopic (exact) mass is 310 g/mol. The van der Waals surface area contributed by atoms with Crippen molar-refractivity contribution in [1.82, 2.24) is 0 Å². The molecular formula is C17H26O5. The molecule has 2 aliphatic carbocycles. The third-order valence-electron chi connectivity index (χ3n) is 6.12. The van der Waals surface area contributed by atoms with Gasteiger partial charge in [0.2, 0.25) is 0 Å². The van der Waals surface area contributed by atoms with Crippen LogP contribution in [0.25, 0.3) is 0 Å². The highest BCUT2D eigenvalue weighted by Crippen LogP contribution is 2.62. The van der Waals surface area contributed by atoms with Crippen molar-refractivity contribution in [2.45, 2.75) is 58.5 Å². The number of hydrogen-bond acceptors (Lipinski definition) is 5. The molecule has 1 heterocycles. The Bertz CT molecular complexity index is 513. The number of aliphatic hydroxyl groups excluding tert-OH is 1. The summed E-state index contributed by atoms with van der Waals surface area (Å²) in [5.41, 5.74) is -1.76.